The number of fused-ring (bicyclic) bond motifs is 1. The largest absolute Gasteiger partial charge is 0.323 e. The zero-order valence-electron chi connectivity index (χ0n) is 20.6. The first-order valence-electron chi connectivity index (χ1n) is 11.9. The van der Waals surface area contributed by atoms with Gasteiger partial charge >= 0.3 is 0 Å². The third-order valence-electron chi connectivity index (χ3n) is 6.20. The van der Waals surface area contributed by atoms with Crippen molar-refractivity contribution in [2.24, 2.45) is 0 Å². The van der Waals surface area contributed by atoms with Gasteiger partial charge in [-0.1, -0.05) is 24.3 Å². The molecule has 5 rings (SSSR count). The molecular weight excluding hydrogens is 516 g/mol. The molecule has 0 fully saturated rings. The van der Waals surface area contributed by atoms with E-state index >= 15 is 0 Å². The first-order valence-corrected chi connectivity index (χ1v) is 11.9. The van der Waals surface area contributed by atoms with Gasteiger partial charge in [0.1, 0.15) is 11.9 Å². The molecule has 3 amide bonds. The van der Waals surface area contributed by atoms with E-state index in [1.165, 1.54) is 11.0 Å². The number of anilines is 2. The van der Waals surface area contributed by atoms with Crippen molar-refractivity contribution in [3.8, 4) is 6.07 Å². The number of carbonyl (C=O) groups is 3. The molecule has 1 aliphatic rings. The Morgan fingerprint density at radius 3 is 2.51 bits per heavy atom. The Hall–Kier alpha value is -5.07. The summed E-state index contributed by atoms with van der Waals surface area (Å²) in [5.74, 6) is -0.563. The van der Waals surface area contributed by atoms with E-state index in [9.17, 15) is 19.6 Å². The van der Waals surface area contributed by atoms with Crippen molar-refractivity contribution in [2.75, 3.05) is 10.6 Å². The lowest BCUT2D eigenvalue weighted by Crippen LogP contribution is -2.46. The van der Waals surface area contributed by atoms with Gasteiger partial charge < -0.3 is 15.5 Å². The Labute approximate surface area is 230 Å². The van der Waals surface area contributed by atoms with E-state index in [4.69, 9.17) is 0 Å². The third-order valence-corrected chi connectivity index (χ3v) is 6.20. The molecule has 2 aromatic carbocycles. The van der Waals surface area contributed by atoms with E-state index in [1.54, 1.807) is 79.3 Å². The number of aromatic nitrogens is 2. The Kier molecular flexibility index (Phi) is 8.29. The normalized spacial score (nSPS) is 14.2. The summed E-state index contributed by atoms with van der Waals surface area (Å²) in [6.07, 6.45) is 5.16. The van der Waals surface area contributed by atoms with Crippen molar-refractivity contribution in [1.82, 2.24) is 14.9 Å². The summed E-state index contributed by atoms with van der Waals surface area (Å²) in [6.45, 7) is 0.138. The Morgan fingerprint density at radius 1 is 1.00 bits per heavy atom. The molecule has 2 aromatic heterocycles. The van der Waals surface area contributed by atoms with E-state index in [-0.39, 0.29) is 43.1 Å². The van der Waals surface area contributed by atoms with Crippen molar-refractivity contribution in [1.29, 1.82) is 5.26 Å². The second-order valence-electron chi connectivity index (χ2n) is 8.74. The summed E-state index contributed by atoms with van der Waals surface area (Å²) in [7, 11) is 0. The van der Waals surface area contributed by atoms with Crippen LogP contribution in [-0.4, -0.2) is 38.6 Å². The van der Waals surface area contributed by atoms with Crippen LogP contribution in [0.25, 0.3) is 0 Å². The molecule has 9 nitrogen and oxygen atoms in total. The summed E-state index contributed by atoms with van der Waals surface area (Å²) in [6, 6.07) is 21.5. The highest BCUT2D eigenvalue weighted by Crippen LogP contribution is 2.27. The number of halogens is 1. The predicted octanol–water partition coefficient (Wildman–Crippen LogP) is 4.23. The number of carbonyl (C=O) groups excluding carboxylic acids is 3. The highest BCUT2D eigenvalue weighted by Gasteiger charge is 2.35. The van der Waals surface area contributed by atoms with Crippen LogP contribution in [0.1, 0.15) is 37.4 Å². The number of rotatable bonds is 6. The maximum absolute atomic E-state index is 13.7. The van der Waals surface area contributed by atoms with Crippen LogP contribution >= 0.6 is 12.4 Å². The van der Waals surface area contributed by atoms with Crippen LogP contribution in [0.2, 0.25) is 0 Å². The van der Waals surface area contributed by atoms with Gasteiger partial charge in [-0.2, -0.15) is 5.26 Å². The van der Waals surface area contributed by atoms with E-state index in [0.717, 1.165) is 11.1 Å². The summed E-state index contributed by atoms with van der Waals surface area (Å²) in [5, 5.41) is 14.8. The molecule has 0 spiro atoms. The summed E-state index contributed by atoms with van der Waals surface area (Å²) >= 11 is 0. The van der Waals surface area contributed by atoms with Crippen LogP contribution in [0.4, 0.5) is 11.5 Å². The molecule has 1 atom stereocenters. The fourth-order valence-electron chi connectivity index (χ4n) is 4.27. The third kappa shape index (κ3) is 6.09. The molecule has 0 saturated heterocycles. The standard InChI is InChI=1S/C29H22N6O3.ClH/c30-16-20-8-11-23-24(14-20)33-28(37)25(15-21-4-3-12-31-17-21)35(29(23)38)18-19-6-9-22(10-7-19)27(36)34-26-5-1-2-13-32-26;/h1-14,17,25H,15,18H2,(H,33,37)(H,32,34,36);1H/t25-;/m1./s1. The molecular formula is C29H23ClN6O3. The topological polar surface area (TPSA) is 128 Å². The lowest BCUT2D eigenvalue weighted by molar-refractivity contribution is -0.120. The predicted molar refractivity (Wildman–Crippen MR) is 147 cm³/mol. The monoisotopic (exact) mass is 538 g/mol. The second kappa shape index (κ2) is 12.0. The highest BCUT2D eigenvalue weighted by molar-refractivity contribution is 6.10. The molecule has 0 saturated carbocycles. The molecule has 194 valence electrons. The van der Waals surface area contributed by atoms with Crippen molar-refractivity contribution in [2.45, 2.75) is 19.0 Å². The Balaban J connectivity index is 0.00000353. The smallest absolute Gasteiger partial charge is 0.256 e. The van der Waals surface area contributed by atoms with Crippen LogP contribution in [0.5, 0.6) is 0 Å². The fourth-order valence-corrected chi connectivity index (χ4v) is 4.27. The molecule has 0 radical (unpaired) electrons. The van der Waals surface area contributed by atoms with Gasteiger partial charge in [-0.3, -0.25) is 19.4 Å². The minimum atomic E-state index is -0.822. The second-order valence-corrected chi connectivity index (χ2v) is 8.74. The van der Waals surface area contributed by atoms with Crippen molar-refractivity contribution in [3.05, 3.63) is 119 Å². The molecule has 39 heavy (non-hydrogen) atoms. The molecule has 0 unspecified atom stereocenters. The van der Waals surface area contributed by atoms with Gasteiger partial charge in [0, 0.05) is 37.1 Å². The van der Waals surface area contributed by atoms with Gasteiger partial charge in [0.2, 0.25) is 5.91 Å². The quantitative estimate of drug-likeness (QED) is 0.378. The zero-order valence-corrected chi connectivity index (χ0v) is 21.4. The summed E-state index contributed by atoms with van der Waals surface area (Å²) < 4.78 is 0. The van der Waals surface area contributed by atoms with Crippen LogP contribution in [-0.2, 0) is 17.8 Å². The Bertz CT molecular complexity index is 1540. The number of amides is 3. The van der Waals surface area contributed by atoms with Crippen LogP contribution < -0.4 is 10.6 Å². The average Bonchev–Trinajstić information content (AvgIpc) is 3.04. The van der Waals surface area contributed by atoms with Crippen LogP contribution in [0.15, 0.2) is 91.4 Å². The van der Waals surface area contributed by atoms with Crippen molar-refractivity contribution >= 4 is 41.6 Å². The van der Waals surface area contributed by atoms with Gasteiger partial charge in [-0.25, -0.2) is 4.98 Å². The lowest BCUT2D eigenvalue weighted by Gasteiger charge is -2.29. The minimum absolute atomic E-state index is 0. The SMILES string of the molecule is Cl.N#Cc1ccc2c(c1)NC(=O)[C@@H](Cc1cccnc1)N(Cc1ccc(C(=O)Nc3ccccn3)cc1)C2=O. The molecule has 2 N–H and O–H groups in total. The van der Waals surface area contributed by atoms with E-state index in [0.29, 0.717) is 28.2 Å². The van der Waals surface area contributed by atoms with Gasteiger partial charge in [0.25, 0.3) is 11.8 Å². The van der Waals surface area contributed by atoms with E-state index in [2.05, 4.69) is 20.6 Å². The lowest BCUT2D eigenvalue weighted by atomic mass is 10.0. The minimum Gasteiger partial charge on any atom is -0.323 e. The molecule has 1 aliphatic heterocycles. The number of hydrogen-bond donors (Lipinski definition) is 2. The molecule has 4 aromatic rings. The number of hydrogen-bond acceptors (Lipinski definition) is 6. The maximum atomic E-state index is 13.7. The Morgan fingerprint density at radius 2 is 1.82 bits per heavy atom. The number of benzene rings is 2. The number of nitriles is 1. The summed E-state index contributed by atoms with van der Waals surface area (Å²) in [4.78, 5) is 49.5. The maximum Gasteiger partial charge on any atom is 0.256 e. The first-order chi connectivity index (χ1) is 18.5. The molecule has 3 heterocycles. The van der Waals surface area contributed by atoms with E-state index in [1.807, 2.05) is 12.1 Å². The van der Waals surface area contributed by atoms with Crippen molar-refractivity contribution < 1.29 is 14.4 Å². The van der Waals surface area contributed by atoms with Crippen LogP contribution in [0.3, 0.4) is 0 Å². The molecule has 10 heteroatoms. The highest BCUT2D eigenvalue weighted by atomic mass is 35.5. The number of nitrogens with zero attached hydrogens (tertiary/aromatic N) is 4. The average molecular weight is 539 g/mol. The summed E-state index contributed by atoms with van der Waals surface area (Å²) in [5.41, 5.74) is 2.93. The van der Waals surface area contributed by atoms with Gasteiger partial charge in [0.05, 0.1) is 22.9 Å². The fraction of sp³-hybridized carbons (Fsp3) is 0.103. The van der Waals surface area contributed by atoms with E-state index < -0.39 is 6.04 Å². The molecule has 0 bridgehead atoms. The molecule has 0 aliphatic carbocycles. The number of pyridine rings is 2. The first kappa shape index (κ1) is 27.0. The van der Waals surface area contributed by atoms with Crippen LogP contribution in [0, 0.1) is 11.3 Å². The zero-order chi connectivity index (χ0) is 26.5. The van der Waals surface area contributed by atoms with Gasteiger partial charge in [-0.05, 0) is 59.7 Å². The van der Waals surface area contributed by atoms with Crippen molar-refractivity contribution in [3.63, 3.8) is 0 Å². The van der Waals surface area contributed by atoms with Gasteiger partial charge in [-0.15, -0.1) is 12.4 Å². The van der Waals surface area contributed by atoms with Gasteiger partial charge in [0.15, 0.2) is 0 Å². The number of nitrogens with one attached hydrogen (secondary N) is 2.